The van der Waals surface area contributed by atoms with E-state index in [1.807, 2.05) is 13.0 Å². The molecular weight excluding hydrogens is 308 g/mol. The van der Waals surface area contributed by atoms with Gasteiger partial charge in [0.05, 0.1) is 16.7 Å². The lowest BCUT2D eigenvalue weighted by Crippen LogP contribution is -2.45. The maximum absolute atomic E-state index is 12.6. The number of nitrogens with one attached hydrogen (secondary N) is 1. The molecular formula is C18H16N2O4. The van der Waals surface area contributed by atoms with Crippen LogP contribution in [0.5, 0.6) is 5.75 Å². The number of benzene rings is 2. The number of fused-ring (bicyclic) bond motifs is 1. The number of carbonyl (C=O) groups excluding carboxylic acids is 3. The Morgan fingerprint density at radius 1 is 1.08 bits per heavy atom. The van der Waals surface area contributed by atoms with Gasteiger partial charge < -0.3 is 5.11 Å². The molecule has 0 fully saturated rings. The number of aromatic hydroxyl groups is 1. The molecule has 0 bridgehead atoms. The van der Waals surface area contributed by atoms with E-state index in [1.165, 1.54) is 12.1 Å². The fourth-order valence-corrected chi connectivity index (χ4v) is 2.76. The monoisotopic (exact) mass is 324 g/mol. The summed E-state index contributed by atoms with van der Waals surface area (Å²) in [6.45, 7) is 1.98. The van der Waals surface area contributed by atoms with E-state index in [-0.39, 0.29) is 16.9 Å². The van der Waals surface area contributed by atoms with E-state index in [9.17, 15) is 19.5 Å². The van der Waals surface area contributed by atoms with Gasteiger partial charge in [0.1, 0.15) is 5.75 Å². The SMILES string of the molecule is CCCc1cccc2c1C(=O)N(NC(=O)c1ccccc1O)C2=O. The summed E-state index contributed by atoms with van der Waals surface area (Å²) in [4.78, 5) is 37.3. The lowest BCUT2D eigenvalue weighted by molar-refractivity contribution is 0.0516. The predicted octanol–water partition coefficient (Wildman–Crippen LogP) is 2.29. The number of nitrogens with zero attached hydrogens (tertiary/aromatic N) is 1. The highest BCUT2D eigenvalue weighted by molar-refractivity contribution is 6.22. The Balaban J connectivity index is 1.90. The highest BCUT2D eigenvalue weighted by Crippen LogP contribution is 2.26. The third kappa shape index (κ3) is 2.52. The maximum Gasteiger partial charge on any atom is 0.280 e. The number of phenols is 1. The number of aryl methyl sites for hydroxylation is 1. The van der Waals surface area contributed by atoms with Gasteiger partial charge in [-0.25, -0.2) is 0 Å². The van der Waals surface area contributed by atoms with E-state index in [0.29, 0.717) is 17.0 Å². The molecule has 2 aromatic carbocycles. The van der Waals surface area contributed by atoms with Crippen molar-refractivity contribution < 1.29 is 19.5 Å². The average Bonchev–Trinajstić information content (AvgIpc) is 2.81. The zero-order valence-electron chi connectivity index (χ0n) is 13.1. The minimum atomic E-state index is -0.723. The molecule has 24 heavy (non-hydrogen) atoms. The summed E-state index contributed by atoms with van der Waals surface area (Å²) >= 11 is 0. The number of hydrogen-bond acceptors (Lipinski definition) is 4. The van der Waals surface area contributed by atoms with Crippen LogP contribution in [0.2, 0.25) is 0 Å². The van der Waals surface area contributed by atoms with Crippen LogP contribution in [0, 0.1) is 0 Å². The second-order valence-electron chi connectivity index (χ2n) is 5.49. The summed E-state index contributed by atoms with van der Waals surface area (Å²) in [6, 6.07) is 11.0. The number of rotatable bonds is 4. The summed E-state index contributed by atoms with van der Waals surface area (Å²) in [7, 11) is 0. The number of carbonyl (C=O) groups is 3. The van der Waals surface area contributed by atoms with Crippen LogP contribution < -0.4 is 5.43 Å². The third-order valence-electron chi connectivity index (χ3n) is 3.88. The van der Waals surface area contributed by atoms with Crippen LogP contribution in [0.4, 0.5) is 0 Å². The molecule has 122 valence electrons. The Bertz CT molecular complexity index is 845. The highest BCUT2D eigenvalue weighted by Gasteiger charge is 2.38. The van der Waals surface area contributed by atoms with Crippen LogP contribution in [0.3, 0.4) is 0 Å². The third-order valence-corrected chi connectivity index (χ3v) is 3.88. The number of phenolic OH excluding ortho intramolecular Hbond substituents is 1. The molecule has 0 aliphatic carbocycles. The highest BCUT2D eigenvalue weighted by atomic mass is 16.3. The lowest BCUT2D eigenvalue weighted by Gasteiger charge is -2.15. The number of hydrogen-bond donors (Lipinski definition) is 2. The molecule has 1 aliphatic rings. The largest absolute Gasteiger partial charge is 0.507 e. The van der Waals surface area contributed by atoms with Gasteiger partial charge in [-0.05, 0) is 30.2 Å². The molecule has 1 heterocycles. The van der Waals surface area contributed by atoms with Crippen molar-refractivity contribution in [3.63, 3.8) is 0 Å². The topological polar surface area (TPSA) is 86.7 Å². The van der Waals surface area contributed by atoms with Crippen LogP contribution >= 0.6 is 0 Å². The molecule has 2 aromatic rings. The minimum Gasteiger partial charge on any atom is -0.507 e. The van der Waals surface area contributed by atoms with Crippen LogP contribution in [-0.4, -0.2) is 27.8 Å². The van der Waals surface area contributed by atoms with Gasteiger partial charge >= 0.3 is 0 Å². The summed E-state index contributed by atoms with van der Waals surface area (Å²) in [5, 5.41) is 10.4. The van der Waals surface area contributed by atoms with Crippen molar-refractivity contribution in [1.82, 2.24) is 10.4 Å². The summed E-state index contributed by atoms with van der Waals surface area (Å²) < 4.78 is 0. The second kappa shape index (κ2) is 6.16. The predicted molar refractivity (Wildman–Crippen MR) is 86.5 cm³/mol. The van der Waals surface area contributed by atoms with Gasteiger partial charge in [-0.15, -0.1) is 0 Å². The Labute approximate surface area is 138 Å². The molecule has 0 radical (unpaired) electrons. The zero-order valence-corrected chi connectivity index (χ0v) is 13.1. The zero-order chi connectivity index (χ0) is 17.3. The van der Waals surface area contributed by atoms with Gasteiger partial charge in [-0.2, -0.15) is 5.01 Å². The van der Waals surface area contributed by atoms with E-state index in [0.717, 1.165) is 12.0 Å². The first kappa shape index (κ1) is 15.7. The standard InChI is InChI=1S/C18H16N2O4/c1-2-6-11-7-5-9-13-15(11)18(24)20(17(13)23)19-16(22)12-8-3-4-10-14(12)21/h3-5,7-10,21H,2,6H2,1H3,(H,19,22). The Hall–Kier alpha value is -3.15. The Morgan fingerprint density at radius 2 is 1.83 bits per heavy atom. The second-order valence-corrected chi connectivity index (χ2v) is 5.49. The van der Waals surface area contributed by atoms with Crippen LogP contribution in [0.15, 0.2) is 42.5 Å². The maximum atomic E-state index is 12.6. The molecule has 6 nitrogen and oxygen atoms in total. The summed E-state index contributed by atoms with van der Waals surface area (Å²) in [6.07, 6.45) is 1.51. The fraction of sp³-hybridized carbons (Fsp3) is 0.167. The van der Waals surface area contributed by atoms with Crippen molar-refractivity contribution in [2.24, 2.45) is 0 Å². The molecule has 3 amide bonds. The van der Waals surface area contributed by atoms with Crippen molar-refractivity contribution >= 4 is 17.7 Å². The van der Waals surface area contributed by atoms with Crippen LogP contribution in [0.1, 0.15) is 50.0 Å². The molecule has 2 N–H and O–H groups in total. The van der Waals surface area contributed by atoms with Gasteiger partial charge in [0.25, 0.3) is 17.7 Å². The average molecular weight is 324 g/mol. The van der Waals surface area contributed by atoms with Crippen molar-refractivity contribution in [3.05, 3.63) is 64.7 Å². The molecule has 0 aromatic heterocycles. The van der Waals surface area contributed by atoms with Gasteiger partial charge in [0, 0.05) is 0 Å². The van der Waals surface area contributed by atoms with E-state index >= 15 is 0 Å². The number of imide groups is 1. The van der Waals surface area contributed by atoms with Crippen molar-refractivity contribution in [3.8, 4) is 5.75 Å². The van der Waals surface area contributed by atoms with E-state index in [1.54, 1.807) is 24.3 Å². The molecule has 3 rings (SSSR count). The molecule has 1 aliphatic heterocycles. The van der Waals surface area contributed by atoms with Gasteiger partial charge in [0.15, 0.2) is 0 Å². The fourth-order valence-electron chi connectivity index (χ4n) is 2.76. The summed E-state index contributed by atoms with van der Waals surface area (Å²) in [5.74, 6) is -2.07. The van der Waals surface area contributed by atoms with Gasteiger partial charge in [0.2, 0.25) is 0 Å². The normalized spacial score (nSPS) is 13.1. The molecule has 6 heteroatoms. The van der Waals surface area contributed by atoms with Gasteiger partial charge in [-0.3, -0.25) is 19.8 Å². The molecule has 0 unspecified atom stereocenters. The van der Waals surface area contributed by atoms with Crippen molar-refractivity contribution in [2.45, 2.75) is 19.8 Å². The molecule has 0 saturated carbocycles. The number of hydrazine groups is 1. The number of amides is 3. The number of para-hydroxylation sites is 1. The van der Waals surface area contributed by atoms with Crippen LogP contribution in [0.25, 0.3) is 0 Å². The Morgan fingerprint density at radius 3 is 2.54 bits per heavy atom. The molecule has 0 spiro atoms. The van der Waals surface area contributed by atoms with E-state index in [4.69, 9.17) is 0 Å². The quantitative estimate of drug-likeness (QED) is 0.845. The Kier molecular flexibility index (Phi) is 4.04. The lowest BCUT2D eigenvalue weighted by atomic mass is 9.99. The van der Waals surface area contributed by atoms with Crippen LogP contribution in [-0.2, 0) is 6.42 Å². The first-order valence-electron chi connectivity index (χ1n) is 7.64. The first-order valence-corrected chi connectivity index (χ1v) is 7.64. The molecule has 0 atom stereocenters. The smallest absolute Gasteiger partial charge is 0.280 e. The van der Waals surface area contributed by atoms with Gasteiger partial charge in [-0.1, -0.05) is 37.6 Å². The van der Waals surface area contributed by atoms with E-state index in [2.05, 4.69) is 5.43 Å². The van der Waals surface area contributed by atoms with E-state index < -0.39 is 17.7 Å². The van der Waals surface area contributed by atoms with Crippen molar-refractivity contribution in [2.75, 3.05) is 0 Å². The molecule has 0 saturated heterocycles. The van der Waals surface area contributed by atoms with Crippen molar-refractivity contribution in [1.29, 1.82) is 0 Å². The first-order chi connectivity index (χ1) is 11.5. The minimum absolute atomic E-state index is 0.0113. The summed E-state index contributed by atoms with van der Waals surface area (Å²) in [5.41, 5.74) is 3.68.